The Hall–Kier alpha value is -0.800. The summed E-state index contributed by atoms with van der Waals surface area (Å²) in [7, 11) is 0. The minimum Gasteiger partial charge on any atom is -0.489 e. The Morgan fingerprint density at radius 2 is 2.17 bits per heavy atom. The first-order valence-electron chi connectivity index (χ1n) is 6.50. The van der Waals surface area contributed by atoms with E-state index in [1.54, 1.807) is 6.07 Å². The second-order valence-electron chi connectivity index (χ2n) is 4.89. The van der Waals surface area contributed by atoms with Crippen molar-refractivity contribution in [3.63, 3.8) is 0 Å². The van der Waals surface area contributed by atoms with Gasteiger partial charge in [-0.25, -0.2) is 4.39 Å². The van der Waals surface area contributed by atoms with E-state index in [-0.39, 0.29) is 11.1 Å². The monoisotopic (exact) mass is 271 g/mol. The first-order valence-corrected chi connectivity index (χ1v) is 6.88. The molecule has 1 atom stereocenters. The number of ether oxygens (including phenoxy) is 1. The minimum absolute atomic E-state index is 0.0196. The van der Waals surface area contributed by atoms with Gasteiger partial charge in [0.2, 0.25) is 0 Å². The van der Waals surface area contributed by atoms with Crippen molar-refractivity contribution in [3.8, 4) is 5.75 Å². The summed E-state index contributed by atoms with van der Waals surface area (Å²) in [4.78, 5) is 0. The fourth-order valence-electron chi connectivity index (χ4n) is 2.29. The van der Waals surface area contributed by atoms with E-state index in [2.05, 4.69) is 5.32 Å². The average molecular weight is 272 g/mol. The molecule has 4 heteroatoms. The Morgan fingerprint density at radius 1 is 1.44 bits per heavy atom. The van der Waals surface area contributed by atoms with Crippen molar-refractivity contribution in [2.45, 2.75) is 44.8 Å². The molecular weight excluding hydrogens is 253 g/mol. The lowest BCUT2D eigenvalue weighted by Crippen LogP contribution is -2.35. The summed E-state index contributed by atoms with van der Waals surface area (Å²) in [5, 5.41) is 3.61. The molecule has 1 fully saturated rings. The summed E-state index contributed by atoms with van der Waals surface area (Å²) >= 11 is 5.62. The van der Waals surface area contributed by atoms with E-state index >= 15 is 0 Å². The second kappa shape index (κ2) is 6.39. The Bertz CT molecular complexity index is 393. The number of hydrogen-bond acceptors (Lipinski definition) is 2. The van der Waals surface area contributed by atoms with Gasteiger partial charge in [-0.1, -0.05) is 24.4 Å². The lowest BCUT2D eigenvalue weighted by molar-refractivity contribution is 0.210. The minimum atomic E-state index is -0.440. The molecule has 100 valence electrons. The number of halogens is 2. The van der Waals surface area contributed by atoms with Crippen LogP contribution >= 0.6 is 11.6 Å². The van der Waals surface area contributed by atoms with Crippen LogP contribution in [0.25, 0.3) is 0 Å². The summed E-state index contributed by atoms with van der Waals surface area (Å²) in [6.45, 7) is 2.77. The van der Waals surface area contributed by atoms with Gasteiger partial charge in [0.1, 0.15) is 17.7 Å². The maximum Gasteiger partial charge on any atom is 0.145 e. The van der Waals surface area contributed by atoms with Crippen LogP contribution in [0, 0.1) is 5.82 Å². The number of nitrogens with one attached hydrogen (secondary N) is 1. The molecule has 1 saturated carbocycles. The van der Waals surface area contributed by atoms with Gasteiger partial charge in [0.15, 0.2) is 0 Å². The van der Waals surface area contributed by atoms with Gasteiger partial charge >= 0.3 is 0 Å². The molecule has 1 aromatic carbocycles. The molecule has 0 radical (unpaired) electrons. The molecule has 0 spiro atoms. The maximum absolute atomic E-state index is 13.2. The molecule has 0 bridgehead atoms. The predicted octanol–water partition coefficient (Wildman–Crippen LogP) is 3.78. The molecule has 1 unspecified atom stereocenters. The molecule has 1 aromatic rings. The van der Waals surface area contributed by atoms with Gasteiger partial charge in [-0.2, -0.15) is 0 Å². The third-order valence-corrected chi connectivity index (χ3v) is 3.58. The van der Waals surface area contributed by atoms with Crippen molar-refractivity contribution in [2.75, 3.05) is 6.54 Å². The first kappa shape index (κ1) is 13.6. The van der Waals surface area contributed by atoms with Crippen LogP contribution < -0.4 is 10.1 Å². The zero-order valence-corrected chi connectivity index (χ0v) is 11.3. The van der Waals surface area contributed by atoms with Crippen LogP contribution in [0.15, 0.2) is 18.2 Å². The van der Waals surface area contributed by atoms with Gasteiger partial charge in [0, 0.05) is 18.7 Å². The number of rotatable bonds is 5. The summed E-state index contributed by atoms with van der Waals surface area (Å²) < 4.78 is 18.9. The van der Waals surface area contributed by atoms with E-state index in [4.69, 9.17) is 16.3 Å². The molecule has 0 saturated heterocycles. The maximum atomic E-state index is 13.2. The van der Waals surface area contributed by atoms with Crippen LogP contribution in [0.2, 0.25) is 5.02 Å². The van der Waals surface area contributed by atoms with Crippen LogP contribution in [-0.2, 0) is 0 Å². The van der Waals surface area contributed by atoms with Crippen LogP contribution in [-0.4, -0.2) is 18.7 Å². The van der Waals surface area contributed by atoms with E-state index in [9.17, 15) is 4.39 Å². The lowest BCUT2D eigenvalue weighted by atomic mass is 10.2. The quantitative estimate of drug-likeness (QED) is 0.880. The molecule has 0 amide bonds. The third kappa shape index (κ3) is 3.85. The van der Waals surface area contributed by atoms with E-state index in [0.29, 0.717) is 11.8 Å². The van der Waals surface area contributed by atoms with Crippen molar-refractivity contribution in [3.05, 3.63) is 29.0 Å². The molecule has 1 N–H and O–H groups in total. The van der Waals surface area contributed by atoms with Crippen molar-refractivity contribution in [2.24, 2.45) is 0 Å². The smallest absolute Gasteiger partial charge is 0.145 e. The normalized spacial score (nSPS) is 17.9. The molecule has 18 heavy (non-hydrogen) atoms. The van der Waals surface area contributed by atoms with Crippen molar-refractivity contribution in [1.82, 2.24) is 5.32 Å². The second-order valence-corrected chi connectivity index (χ2v) is 5.30. The fourth-order valence-corrected chi connectivity index (χ4v) is 2.40. The Morgan fingerprint density at radius 3 is 2.83 bits per heavy atom. The van der Waals surface area contributed by atoms with Crippen molar-refractivity contribution in [1.29, 1.82) is 0 Å². The molecule has 0 aliphatic heterocycles. The van der Waals surface area contributed by atoms with Crippen molar-refractivity contribution >= 4 is 11.6 Å². The summed E-state index contributed by atoms with van der Waals surface area (Å²) in [5.74, 6) is 0.0859. The van der Waals surface area contributed by atoms with Crippen LogP contribution in [0.1, 0.15) is 32.6 Å². The molecule has 0 aromatic heterocycles. The van der Waals surface area contributed by atoms with Gasteiger partial charge in [-0.15, -0.1) is 0 Å². The van der Waals surface area contributed by atoms with Gasteiger partial charge in [-0.05, 0) is 31.9 Å². The van der Waals surface area contributed by atoms with E-state index in [1.165, 1.54) is 37.8 Å². The number of hydrogen-bond donors (Lipinski definition) is 1. The predicted molar refractivity (Wildman–Crippen MR) is 71.8 cm³/mol. The van der Waals surface area contributed by atoms with Gasteiger partial charge in [0.05, 0.1) is 5.02 Å². The zero-order valence-electron chi connectivity index (χ0n) is 10.6. The van der Waals surface area contributed by atoms with E-state index in [0.717, 1.165) is 6.54 Å². The largest absolute Gasteiger partial charge is 0.489 e. The highest BCUT2D eigenvalue weighted by atomic mass is 35.5. The molecule has 1 aliphatic rings. The molecule has 0 heterocycles. The van der Waals surface area contributed by atoms with Gasteiger partial charge in [-0.3, -0.25) is 0 Å². The molecular formula is C14H19ClFNO. The summed E-state index contributed by atoms with van der Waals surface area (Å²) in [5.41, 5.74) is 0. The SMILES string of the molecule is CC(CNC1CCCC1)Oc1ccc(Cl)c(F)c1. The van der Waals surface area contributed by atoms with Gasteiger partial charge in [0.25, 0.3) is 0 Å². The lowest BCUT2D eigenvalue weighted by Gasteiger charge is -2.18. The zero-order chi connectivity index (χ0) is 13.0. The standard InChI is InChI=1S/C14H19ClFNO/c1-10(9-17-11-4-2-3-5-11)18-12-6-7-13(15)14(16)8-12/h6-8,10-11,17H,2-5,9H2,1H3. The van der Waals surface area contributed by atoms with E-state index in [1.807, 2.05) is 6.92 Å². The Kier molecular flexibility index (Phi) is 4.84. The van der Waals surface area contributed by atoms with E-state index < -0.39 is 5.82 Å². The molecule has 2 rings (SSSR count). The Labute approximate surface area is 112 Å². The fraction of sp³-hybridized carbons (Fsp3) is 0.571. The molecule has 1 aliphatic carbocycles. The Balaban J connectivity index is 1.78. The number of benzene rings is 1. The first-order chi connectivity index (χ1) is 8.65. The average Bonchev–Trinajstić information content (AvgIpc) is 2.84. The van der Waals surface area contributed by atoms with Crippen LogP contribution in [0.5, 0.6) is 5.75 Å². The topological polar surface area (TPSA) is 21.3 Å². The van der Waals surface area contributed by atoms with Crippen LogP contribution in [0.4, 0.5) is 4.39 Å². The summed E-state index contributed by atoms with van der Waals surface area (Å²) in [6.07, 6.45) is 5.15. The third-order valence-electron chi connectivity index (χ3n) is 3.28. The highest BCUT2D eigenvalue weighted by Crippen LogP contribution is 2.21. The highest BCUT2D eigenvalue weighted by molar-refractivity contribution is 6.30. The highest BCUT2D eigenvalue weighted by Gasteiger charge is 2.15. The summed E-state index contributed by atoms with van der Waals surface area (Å²) in [6, 6.07) is 5.16. The van der Waals surface area contributed by atoms with Gasteiger partial charge < -0.3 is 10.1 Å². The van der Waals surface area contributed by atoms with Crippen LogP contribution in [0.3, 0.4) is 0 Å². The molecule has 2 nitrogen and oxygen atoms in total. The van der Waals surface area contributed by atoms with Crippen molar-refractivity contribution < 1.29 is 9.13 Å².